The number of imide groups is 1. The van der Waals surface area contributed by atoms with Gasteiger partial charge in [0.15, 0.2) is 0 Å². The van der Waals surface area contributed by atoms with E-state index in [1.54, 1.807) is 31.2 Å². The lowest BCUT2D eigenvalue weighted by molar-refractivity contribution is -0.122. The zero-order valence-electron chi connectivity index (χ0n) is 13.6. The highest BCUT2D eigenvalue weighted by molar-refractivity contribution is 7.99. The van der Waals surface area contributed by atoms with E-state index in [0.29, 0.717) is 17.9 Å². The molecule has 128 valence electrons. The molecule has 0 spiro atoms. The number of rotatable bonds is 4. The van der Waals surface area contributed by atoms with Gasteiger partial charge in [-0.2, -0.15) is 11.8 Å². The number of esters is 1. The van der Waals surface area contributed by atoms with Crippen molar-refractivity contribution in [2.75, 3.05) is 36.1 Å². The minimum Gasteiger partial charge on any atom is -0.462 e. The molecule has 7 heteroatoms. The van der Waals surface area contributed by atoms with Gasteiger partial charge in [-0.1, -0.05) is 0 Å². The minimum atomic E-state index is -0.410. The number of hydrogen-bond donors (Lipinski definition) is 0. The second-order valence-electron chi connectivity index (χ2n) is 5.70. The van der Waals surface area contributed by atoms with Crippen LogP contribution in [0.15, 0.2) is 24.3 Å². The van der Waals surface area contributed by atoms with Gasteiger partial charge in [0.2, 0.25) is 5.91 Å². The topological polar surface area (TPSA) is 66.9 Å². The van der Waals surface area contributed by atoms with E-state index in [9.17, 15) is 14.4 Å². The number of ether oxygens (including phenoxy) is 1. The molecule has 3 rings (SSSR count). The summed E-state index contributed by atoms with van der Waals surface area (Å²) in [6.07, 6.45) is 0.225. The molecule has 2 heterocycles. The molecule has 1 aromatic carbocycles. The summed E-state index contributed by atoms with van der Waals surface area (Å²) in [5.74, 6) is 1.22. The Morgan fingerprint density at radius 2 is 1.88 bits per heavy atom. The van der Waals surface area contributed by atoms with Crippen LogP contribution in [-0.2, 0) is 14.3 Å². The Morgan fingerprint density at radius 3 is 2.50 bits per heavy atom. The quantitative estimate of drug-likeness (QED) is 0.607. The van der Waals surface area contributed by atoms with Gasteiger partial charge in [0.25, 0.3) is 5.91 Å². The van der Waals surface area contributed by atoms with E-state index >= 15 is 0 Å². The Hall–Kier alpha value is -1.86. The molecular weight excluding hydrogens is 328 g/mol. The summed E-state index contributed by atoms with van der Waals surface area (Å²) in [4.78, 5) is 40.1. The first kappa shape index (κ1) is 17.0. The number of hydrogen-bond acceptors (Lipinski definition) is 6. The molecule has 0 bridgehead atoms. The van der Waals surface area contributed by atoms with Gasteiger partial charge in [-0.3, -0.25) is 14.5 Å². The molecule has 1 aromatic rings. The van der Waals surface area contributed by atoms with Crippen LogP contribution in [0.1, 0.15) is 23.7 Å². The van der Waals surface area contributed by atoms with E-state index in [2.05, 4.69) is 4.90 Å². The maximum Gasteiger partial charge on any atom is 0.338 e. The molecule has 1 atom stereocenters. The Balaban J connectivity index is 1.75. The van der Waals surface area contributed by atoms with Crippen molar-refractivity contribution < 1.29 is 19.1 Å². The summed E-state index contributed by atoms with van der Waals surface area (Å²) in [7, 11) is 0. The zero-order valence-corrected chi connectivity index (χ0v) is 14.4. The van der Waals surface area contributed by atoms with E-state index in [1.807, 2.05) is 11.8 Å². The first-order chi connectivity index (χ1) is 11.6. The normalized spacial score (nSPS) is 22.0. The number of amides is 2. The molecule has 2 fully saturated rings. The van der Waals surface area contributed by atoms with Crippen molar-refractivity contribution >= 4 is 35.2 Å². The van der Waals surface area contributed by atoms with Crippen LogP contribution in [0.25, 0.3) is 0 Å². The lowest BCUT2D eigenvalue weighted by Gasteiger charge is -2.30. The van der Waals surface area contributed by atoms with Crippen LogP contribution in [-0.4, -0.2) is 59.9 Å². The summed E-state index contributed by atoms with van der Waals surface area (Å²) >= 11 is 1.87. The molecule has 2 saturated heterocycles. The third kappa shape index (κ3) is 3.32. The van der Waals surface area contributed by atoms with E-state index in [-0.39, 0.29) is 24.3 Å². The van der Waals surface area contributed by atoms with Crippen molar-refractivity contribution in [3.8, 4) is 0 Å². The summed E-state index contributed by atoms with van der Waals surface area (Å²) in [6, 6.07) is 6.05. The molecule has 2 aliphatic heterocycles. The number of carbonyl (C=O) groups excluding carboxylic acids is 3. The van der Waals surface area contributed by atoms with Gasteiger partial charge in [0, 0.05) is 24.6 Å². The highest BCUT2D eigenvalue weighted by atomic mass is 32.2. The molecule has 0 radical (unpaired) electrons. The first-order valence-corrected chi connectivity index (χ1v) is 9.23. The summed E-state index contributed by atoms with van der Waals surface area (Å²) in [6.45, 7) is 3.72. The van der Waals surface area contributed by atoms with Crippen molar-refractivity contribution in [2.45, 2.75) is 19.4 Å². The van der Waals surface area contributed by atoms with Crippen LogP contribution >= 0.6 is 11.8 Å². The van der Waals surface area contributed by atoms with Crippen LogP contribution in [0, 0.1) is 0 Å². The van der Waals surface area contributed by atoms with E-state index in [4.69, 9.17) is 4.74 Å². The first-order valence-electron chi connectivity index (χ1n) is 8.07. The van der Waals surface area contributed by atoms with Gasteiger partial charge in [-0.05, 0) is 31.2 Å². The number of nitrogens with zero attached hydrogens (tertiary/aromatic N) is 2. The maximum absolute atomic E-state index is 12.7. The Bertz CT molecular complexity index is 640. The lowest BCUT2D eigenvalue weighted by Crippen LogP contribution is -2.45. The molecule has 0 unspecified atom stereocenters. The largest absolute Gasteiger partial charge is 0.462 e. The summed E-state index contributed by atoms with van der Waals surface area (Å²) in [5.41, 5.74) is 0.913. The molecule has 24 heavy (non-hydrogen) atoms. The van der Waals surface area contributed by atoms with Crippen LogP contribution in [0.3, 0.4) is 0 Å². The van der Waals surface area contributed by atoms with Gasteiger partial charge < -0.3 is 4.74 Å². The standard InChI is InChI=1S/C17H20N2O4S/c1-2-23-17(22)12-3-5-13(6-4-12)19-15(20)11-14(16(19)21)18-7-9-24-10-8-18/h3-6,14H,2,7-11H2,1H3/t14-/m0/s1. The minimum absolute atomic E-state index is 0.171. The fourth-order valence-electron chi connectivity index (χ4n) is 3.02. The van der Waals surface area contributed by atoms with Crippen LogP contribution in [0.5, 0.6) is 0 Å². The van der Waals surface area contributed by atoms with Crippen LogP contribution in [0.4, 0.5) is 5.69 Å². The highest BCUT2D eigenvalue weighted by Crippen LogP contribution is 2.27. The van der Waals surface area contributed by atoms with Gasteiger partial charge in [0.05, 0.1) is 30.3 Å². The SMILES string of the molecule is CCOC(=O)c1ccc(N2C(=O)C[C@H](N3CCSCC3)C2=O)cc1. The maximum atomic E-state index is 12.7. The third-order valence-electron chi connectivity index (χ3n) is 4.25. The number of anilines is 1. The average Bonchev–Trinajstić information content (AvgIpc) is 2.90. The molecule has 6 nitrogen and oxygen atoms in total. The van der Waals surface area contributed by atoms with Crippen LogP contribution in [0.2, 0.25) is 0 Å². The number of thioether (sulfide) groups is 1. The molecule has 0 saturated carbocycles. The predicted octanol–water partition coefficient (Wildman–Crippen LogP) is 1.54. The zero-order chi connectivity index (χ0) is 17.1. The summed E-state index contributed by atoms with van der Waals surface area (Å²) in [5, 5.41) is 0. The fraction of sp³-hybridized carbons (Fsp3) is 0.471. The Morgan fingerprint density at radius 1 is 1.21 bits per heavy atom. The third-order valence-corrected chi connectivity index (χ3v) is 5.19. The van der Waals surface area contributed by atoms with Crippen LogP contribution < -0.4 is 4.90 Å². The number of carbonyl (C=O) groups is 3. The van der Waals surface area contributed by atoms with Crippen molar-refractivity contribution in [2.24, 2.45) is 0 Å². The molecule has 0 N–H and O–H groups in total. The van der Waals surface area contributed by atoms with Gasteiger partial charge >= 0.3 is 5.97 Å². The van der Waals surface area contributed by atoms with Crippen molar-refractivity contribution in [1.29, 1.82) is 0 Å². The monoisotopic (exact) mass is 348 g/mol. The Kier molecular flexibility index (Phi) is 5.20. The van der Waals surface area contributed by atoms with Gasteiger partial charge in [0.1, 0.15) is 0 Å². The van der Waals surface area contributed by atoms with E-state index < -0.39 is 5.97 Å². The number of benzene rings is 1. The van der Waals surface area contributed by atoms with Gasteiger partial charge in [-0.15, -0.1) is 0 Å². The average molecular weight is 348 g/mol. The van der Waals surface area contributed by atoms with Gasteiger partial charge in [-0.25, -0.2) is 9.69 Å². The second-order valence-corrected chi connectivity index (χ2v) is 6.93. The smallest absolute Gasteiger partial charge is 0.338 e. The highest BCUT2D eigenvalue weighted by Gasteiger charge is 2.42. The van der Waals surface area contributed by atoms with E-state index in [1.165, 1.54) is 4.90 Å². The lowest BCUT2D eigenvalue weighted by atomic mass is 10.2. The molecule has 2 amide bonds. The molecule has 0 aliphatic carbocycles. The molecule has 2 aliphatic rings. The van der Waals surface area contributed by atoms with Crippen molar-refractivity contribution in [1.82, 2.24) is 4.90 Å². The fourth-order valence-corrected chi connectivity index (χ4v) is 3.95. The molecule has 0 aromatic heterocycles. The predicted molar refractivity (Wildman–Crippen MR) is 92.2 cm³/mol. The summed E-state index contributed by atoms with van der Waals surface area (Å²) < 4.78 is 4.94. The molecular formula is C17H20N2O4S. The second kappa shape index (κ2) is 7.36. The van der Waals surface area contributed by atoms with E-state index in [0.717, 1.165) is 24.6 Å². The van der Waals surface area contributed by atoms with Crippen molar-refractivity contribution in [3.63, 3.8) is 0 Å². The Labute approximate surface area is 145 Å². The van der Waals surface area contributed by atoms with Crippen molar-refractivity contribution in [3.05, 3.63) is 29.8 Å².